The summed E-state index contributed by atoms with van der Waals surface area (Å²) in [4.78, 5) is 43.5. The molecular formula is C20H12BrClN2O3S2. The van der Waals surface area contributed by atoms with E-state index in [0.717, 1.165) is 26.3 Å². The molecule has 29 heavy (non-hydrogen) atoms. The van der Waals surface area contributed by atoms with Gasteiger partial charge in [-0.2, -0.15) is 0 Å². The normalized spacial score (nSPS) is 23.2. The molecule has 0 aliphatic carbocycles. The maximum atomic E-state index is 13.5. The van der Waals surface area contributed by atoms with Crippen LogP contribution in [0.4, 0.5) is 5.69 Å². The molecule has 146 valence electrons. The molecule has 1 fully saturated rings. The lowest BCUT2D eigenvalue weighted by atomic mass is 9.83. The second-order valence-corrected chi connectivity index (χ2v) is 10.3. The first-order chi connectivity index (χ1) is 13.9. The van der Waals surface area contributed by atoms with Crippen molar-refractivity contribution in [1.82, 2.24) is 4.98 Å². The van der Waals surface area contributed by atoms with E-state index in [1.165, 1.54) is 16.7 Å². The smallest absolute Gasteiger partial charge is 0.305 e. The number of aromatic amines is 1. The number of rotatable bonds is 2. The van der Waals surface area contributed by atoms with Crippen LogP contribution in [-0.2, 0) is 9.59 Å². The minimum atomic E-state index is -0.593. The van der Waals surface area contributed by atoms with E-state index >= 15 is 0 Å². The van der Waals surface area contributed by atoms with Crippen molar-refractivity contribution in [3.05, 3.63) is 78.1 Å². The van der Waals surface area contributed by atoms with Crippen molar-refractivity contribution in [2.24, 2.45) is 5.92 Å². The second-order valence-electron chi connectivity index (χ2n) is 6.79. The van der Waals surface area contributed by atoms with E-state index in [1.807, 2.05) is 12.1 Å². The molecule has 1 saturated heterocycles. The molecule has 1 N–H and O–H groups in total. The summed E-state index contributed by atoms with van der Waals surface area (Å²) in [5.41, 5.74) is 1.41. The number of hydrogen-bond acceptors (Lipinski definition) is 5. The van der Waals surface area contributed by atoms with Crippen LogP contribution in [0.5, 0.6) is 0 Å². The number of halogens is 2. The molecule has 1 aromatic heterocycles. The summed E-state index contributed by atoms with van der Waals surface area (Å²) in [5, 5.41) is 0.660. The molecule has 3 aromatic rings. The van der Waals surface area contributed by atoms with Gasteiger partial charge in [-0.1, -0.05) is 62.8 Å². The van der Waals surface area contributed by atoms with Gasteiger partial charge in [0.05, 0.1) is 16.6 Å². The molecule has 3 heterocycles. The SMILES string of the molecule is O=C1C2Sc3[nH]c(=O)sc3[C@H](c3ccc(Cl)cc3)C2C(=O)N1c1ccc(Br)cc1. The molecule has 0 radical (unpaired) electrons. The van der Waals surface area contributed by atoms with E-state index in [0.29, 0.717) is 15.7 Å². The monoisotopic (exact) mass is 506 g/mol. The molecular weight excluding hydrogens is 496 g/mol. The average molecular weight is 508 g/mol. The lowest BCUT2D eigenvalue weighted by Gasteiger charge is -2.29. The maximum Gasteiger partial charge on any atom is 0.305 e. The molecule has 2 aliphatic rings. The fourth-order valence-corrected chi connectivity index (χ4v) is 6.80. The summed E-state index contributed by atoms with van der Waals surface area (Å²) in [7, 11) is 0. The number of amides is 2. The van der Waals surface area contributed by atoms with E-state index < -0.39 is 11.2 Å². The number of nitrogens with zero attached hydrogens (tertiary/aromatic N) is 1. The van der Waals surface area contributed by atoms with Gasteiger partial charge in [0, 0.05) is 20.3 Å². The van der Waals surface area contributed by atoms with Gasteiger partial charge >= 0.3 is 4.87 Å². The van der Waals surface area contributed by atoms with Gasteiger partial charge in [0.1, 0.15) is 5.25 Å². The Bertz CT molecular complexity index is 1190. The maximum absolute atomic E-state index is 13.5. The van der Waals surface area contributed by atoms with E-state index in [1.54, 1.807) is 36.4 Å². The van der Waals surface area contributed by atoms with Gasteiger partial charge in [-0.3, -0.25) is 14.4 Å². The Morgan fingerprint density at radius 1 is 0.966 bits per heavy atom. The van der Waals surface area contributed by atoms with Crippen molar-refractivity contribution in [2.45, 2.75) is 16.2 Å². The highest BCUT2D eigenvalue weighted by atomic mass is 79.9. The molecule has 2 aliphatic heterocycles. The lowest BCUT2D eigenvalue weighted by Crippen LogP contribution is -2.32. The zero-order valence-corrected chi connectivity index (χ0v) is 18.6. The van der Waals surface area contributed by atoms with Crippen LogP contribution in [-0.4, -0.2) is 22.0 Å². The van der Waals surface area contributed by atoms with Crippen molar-refractivity contribution in [3.8, 4) is 0 Å². The summed E-state index contributed by atoms with van der Waals surface area (Å²) in [6.45, 7) is 0. The summed E-state index contributed by atoms with van der Waals surface area (Å²) in [6.07, 6.45) is 0. The largest absolute Gasteiger partial charge is 0.307 e. The highest BCUT2D eigenvalue weighted by Crippen LogP contribution is 2.53. The Morgan fingerprint density at radius 2 is 1.66 bits per heavy atom. The number of benzene rings is 2. The first kappa shape index (κ1) is 19.1. The molecule has 2 aromatic carbocycles. The van der Waals surface area contributed by atoms with Crippen LogP contribution >= 0.6 is 50.6 Å². The Kier molecular flexibility index (Phi) is 4.70. The first-order valence-corrected chi connectivity index (χ1v) is 11.6. The number of nitrogens with one attached hydrogen (secondary N) is 1. The summed E-state index contributed by atoms with van der Waals surface area (Å²) in [5.74, 6) is -1.48. The van der Waals surface area contributed by atoms with Gasteiger partial charge in [-0.25, -0.2) is 4.90 Å². The Morgan fingerprint density at radius 3 is 2.34 bits per heavy atom. The minimum absolute atomic E-state index is 0.189. The van der Waals surface area contributed by atoms with Crippen LogP contribution in [0, 0.1) is 5.92 Å². The van der Waals surface area contributed by atoms with E-state index in [2.05, 4.69) is 20.9 Å². The van der Waals surface area contributed by atoms with Crippen LogP contribution in [0.2, 0.25) is 5.02 Å². The fourth-order valence-electron chi connectivity index (χ4n) is 3.89. The van der Waals surface area contributed by atoms with Crippen LogP contribution in [0.1, 0.15) is 16.4 Å². The van der Waals surface area contributed by atoms with Crippen molar-refractivity contribution in [3.63, 3.8) is 0 Å². The third kappa shape index (κ3) is 3.09. The first-order valence-electron chi connectivity index (χ1n) is 8.72. The Balaban J connectivity index is 1.64. The molecule has 9 heteroatoms. The number of H-pyrrole nitrogens is 1. The zero-order valence-electron chi connectivity index (χ0n) is 14.6. The minimum Gasteiger partial charge on any atom is -0.307 e. The van der Waals surface area contributed by atoms with Crippen molar-refractivity contribution in [2.75, 3.05) is 4.90 Å². The molecule has 3 atom stereocenters. The van der Waals surface area contributed by atoms with Gasteiger partial charge in [-0.15, -0.1) is 0 Å². The molecule has 0 bridgehead atoms. The van der Waals surface area contributed by atoms with Crippen LogP contribution in [0.3, 0.4) is 0 Å². The number of carbonyl (C=O) groups is 2. The standard InChI is InChI=1S/C20H12BrClN2O3S2/c21-10-3-7-12(8-4-10)24-18(25)14-13(9-1-5-11(22)6-2-9)15-17(23-20(27)29-15)28-16(14)19(24)26/h1-8,13-14,16H,(H,23,27)/t13-,14?,16?/m1/s1. The van der Waals surface area contributed by atoms with Crippen molar-refractivity contribution < 1.29 is 9.59 Å². The van der Waals surface area contributed by atoms with Crippen LogP contribution < -0.4 is 9.77 Å². The van der Waals surface area contributed by atoms with E-state index in [9.17, 15) is 14.4 Å². The average Bonchev–Trinajstić information content (AvgIpc) is 3.19. The van der Waals surface area contributed by atoms with Crippen LogP contribution in [0.15, 0.2) is 62.8 Å². The Hall–Kier alpha value is -1.87. The van der Waals surface area contributed by atoms with Crippen molar-refractivity contribution in [1.29, 1.82) is 0 Å². The van der Waals surface area contributed by atoms with Gasteiger partial charge < -0.3 is 4.98 Å². The molecule has 2 amide bonds. The second kappa shape index (κ2) is 7.12. The summed E-state index contributed by atoms with van der Waals surface area (Å²) < 4.78 is 0.867. The third-order valence-corrected chi connectivity index (χ3v) is 8.32. The molecule has 5 nitrogen and oxygen atoms in total. The quantitative estimate of drug-likeness (QED) is 0.513. The third-order valence-electron chi connectivity index (χ3n) is 5.14. The van der Waals surface area contributed by atoms with Gasteiger partial charge in [0.15, 0.2) is 0 Å². The molecule has 5 rings (SSSR count). The predicted octanol–water partition coefficient (Wildman–Crippen LogP) is 4.65. The van der Waals surface area contributed by atoms with Crippen LogP contribution in [0.25, 0.3) is 0 Å². The van der Waals surface area contributed by atoms with E-state index in [-0.39, 0.29) is 22.6 Å². The van der Waals surface area contributed by atoms with Crippen molar-refractivity contribution >= 4 is 68.1 Å². The number of hydrogen-bond donors (Lipinski definition) is 1. The highest BCUT2D eigenvalue weighted by molar-refractivity contribution is 9.10. The predicted molar refractivity (Wildman–Crippen MR) is 118 cm³/mol. The summed E-state index contributed by atoms with van der Waals surface area (Å²) >= 11 is 11.8. The topological polar surface area (TPSA) is 70.2 Å². The number of thioether (sulfide) groups is 1. The zero-order chi connectivity index (χ0) is 20.3. The van der Waals surface area contributed by atoms with E-state index in [4.69, 9.17) is 11.6 Å². The number of imide groups is 1. The fraction of sp³-hybridized carbons (Fsp3) is 0.150. The van der Waals surface area contributed by atoms with Gasteiger partial charge in [0.25, 0.3) is 0 Å². The molecule has 2 unspecified atom stereocenters. The molecule has 0 spiro atoms. The van der Waals surface area contributed by atoms with Gasteiger partial charge in [0.2, 0.25) is 11.8 Å². The number of anilines is 1. The number of fused-ring (bicyclic) bond motifs is 2. The lowest BCUT2D eigenvalue weighted by molar-refractivity contribution is -0.122. The summed E-state index contributed by atoms with van der Waals surface area (Å²) in [6, 6.07) is 14.3. The Labute approximate surface area is 187 Å². The number of carbonyl (C=O) groups excluding carboxylic acids is 2. The molecule has 0 saturated carbocycles. The van der Waals surface area contributed by atoms with Gasteiger partial charge in [-0.05, 0) is 42.0 Å². The number of aromatic nitrogens is 1. The highest BCUT2D eigenvalue weighted by Gasteiger charge is 2.56. The number of thiazole rings is 1.